The topological polar surface area (TPSA) is 45.0 Å². The lowest BCUT2D eigenvalue weighted by atomic mass is 10.2. The van der Waals surface area contributed by atoms with E-state index in [1.807, 2.05) is 48.5 Å². The van der Waals surface area contributed by atoms with Crippen LogP contribution in [0, 0.1) is 11.3 Å². The number of nitrogens with one attached hydrogen (secondary N) is 1. The first-order chi connectivity index (χ1) is 9.81. The maximum Gasteiger partial charge on any atom is 0.119 e. The predicted molar refractivity (Wildman–Crippen MR) is 82.8 cm³/mol. The summed E-state index contributed by atoms with van der Waals surface area (Å²) < 4.78 is 6.25. The molecule has 1 N–H and O–H groups in total. The van der Waals surface area contributed by atoms with Gasteiger partial charge >= 0.3 is 0 Å². The number of hydrogen-bond acceptors (Lipinski definition) is 4. The molecule has 1 aromatic heterocycles. The van der Waals surface area contributed by atoms with Gasteiger partial charge in [-0.3, -0.25) is 0 Å². The van der Waals surface area contributed by atoms with E-state index in [0.29, 0.717) is 5.56 Å². The average Bonchev–Trinajstić information content (AvgIpc) is 2.85. The molecule has 0 radical (unpaired) electrons. The molecule has 2 aromatic carbocycles. The molecule has 0 aliphatic rings. The second-order valence-corrected chi connectivity index (χ2v) is 5.32. The van der Waals surface area contributed by atoms with Crippen LogP contribution < -0.4 is 10.1 Å². The number of fused-ring (bicyclic) bond motifs is 1. The number of thiophene rings is 1. The van der Waals surface area contributed by atoms with E-state index in [-0.39, 0.29) is 0 Å². The van der Waals surface area contributed by atoms with Crippen LogP contribution in [0.1, 0.15) is 5.56 Å². The van der Waals surface area contributed by atoms with Crippen molar-refractivity contribution in [3.63, 3.8) is 0 Å². The molecule has 4 heteroatoms. The zero-order chi connectivity index (χ0) is 13.9. The Morgan fingerprint density at radius 2 is 1.85 bits per heavy atom. The molecular formula is C16H12N2OS. The molecule has 0 fully saturated rings. The molecule has 0 saturated carbocycles. The van der Waals surface area contributed by atoms with Crippen LogP contribution in [0.5, 0.6) is 5.75 Å². The van der Waals surface area contributed by atoms with E-state index in [9.17, 15) is 5.26 Å². The normalized spacial score (nSPS) is 10.2. The van der Waals surface area contributed by atoms with Gasteiger partial charge in [-0.1, -0.05) is 18.2 Å². The Labute approximate surface area is 121 Å². The van der Waals surface area contributed by atoms with Gasteiger partial charge < -0.3 is 10.1 Å². The Kier molecular flexibility index (Phi) is 3.28. The Bertz CT molecular complexity index is 784. The highest BCUT2D eigenvalue weighted by molar-refractivity contribution is 7.23. The Morgan fingerprint density at radius 3 is 2.55 bits per heavy atom. The van der Waals surface area contributed by atoms with Crippen LogP contribution in [-0.2, 0) is 0 Å². The molecule has 0 aliphatic carbocycles. The van der Waals surface area contributed by atoms with Gasteiger partial charge in [0.05, 0.1) is 12.7 Å². The maximum atomic E-state index is 9.36. The van der Waals surface area contributed by atoms with Gasteiger partial charge in [-0.25, -0.2) is 0 Å². The summed E-state index contributed by atoms with van der Waals surface area (Å²) >= 11 is 1.59. The van der Waals surface area contributed by atoms with Crippen molar-refractivity contribution in [2.24, 2.45) is 0 Å². The number of ether oxygens (including phenoxy) is 1. The minimum Gasteiger partial charge on any atom is -0.497 e. The van der Waals surface area contributed by atoms with Gasteiger partial charge in [-0.15, -0.1) is 11.3 Å². The Morgan fingerprint density at radius 1 is 1.10 bits per heavy atom. The summed E-state index contributed by atoms with van der Waals surface area (Å²) in [6.07, 6.45) is 0. The first-order valence-electron chi connectivity index (χ1n) is 6.14. The van der Waals surface area contributed by atoms with Crippen LogP contribution in [0.2, 0.25) is 0 Å². The third-order valence-corrected chi connectivity index (χ3v) is 4.14. The minimum absolute atomic E-state index is 0.696. The van der Waals surface area contributed by atoms with Crippen molar-refractivity contribution in [2.45, 2.75) is 0 Å². The van der Waals surface area contributed by atoms with E-state index in [1.165, 1.54) is 0 Å². The molecule has 0 bridgehead atoms. The summed E-state index contributed by atoms with van der Waals surface area (Å²) in [4.78, 5) is 0. The number of nitriles is 1. The molecule has 0 unspecified atom stereocenters. The Balaban J connectivity index is 1.99. The predicted octanol–water partition coefficient (Wildman–Crippen LogP) is 4.53. The van der Waals surface area contributed by atoms with Crippen molar-refractivity contribution in [1.82, 2.24) is 0 Å². The Hall–Kier alpha value is -2.51. The lowest BCUT2D eigenvalue weighted by Crippen LogP contribution is -1.90. The molecule has 0 saturated heterocycles. The summed E-state index contributed by atoms with van der Waals surface area (Å²) in [7, 11) is 1.64. The van der Waals surface area contributed by atoms with Gasteiger partial charge in [-0.05, 0) is 30.3 Å². The van der Waals surface area contributed by atoms with Crippen molar-refractivity contribution in [3.8, 4) is 11.8 Å². The van der Waals surface area contributed by atoms with Crippen LogP contribution in [0.15, 0.2) is 48.5 Å². The molecule has 0 atom stereocenters. The van der Waals surface area contributed by atoms with Crippen molar-refractivity contribution in [3.05, 3.63) is 54.1 Å². The second kappa shape index (κ2) is 5.24. The van der Waals surface area contributed by atoms with E-state index >= 15 is 0 Å². The molecule has 20 heavy (non-hydrogen) atoms. The zero-order valence-electron chi connectivity index (χ0n) is 10.9. The van der Waals surface area contributed by atoms with E-state index in [4.69, 9.17) is 4.74 Å². The molecule has 3 aromatic rings. The summed E-state index contributed by atoms with van der Waals surface area (Å²) in [5, 5.41) is 14.5. The van der Waals surface area contributed by atoms with Crippen molar-refractivity contribution in [1.29, 1.82) is 5.26 Å². The minimum atomic E-state index is 0.696. The molecule has 0 aliphatic heterocycles. The maximum absolute atomic E-state index is 9.36. The van der Waals surface area contributed by atoms with Crippen LogP contribution in [-0.4, -0.2) is 7.11 Å². The molecule has 0 amide bonds. The molecular weight excluding hydrogens is 268 g/mol. The van der Waals surface area contributed by atoms with Gasteiger partial charge in [0.2, 0.25) is 0 Å². The van der Waals surface area contributed by atoms with Gasteiger partial charge in [-0.2, -0.15) is 5.26 Å². The fourth-order valence-corrected chi connectivity index (χ4v) is 3.12. The van der Waals surface area contributed by atoms with Gasteiger partial charge in [0.1, 0.15) is 16.8 Å². The monoisotopic (exact) mass is 280 g/mol. The number of nitrogens with zero attached hydrogens (tertiary/aromatic N) is 1. The summed E-state index contributed by atoms with van der Waals surface area (Å²) in [6.45, 7) is 0. The van der Waals surface area contributed by atoms with Crippen LogP contribution in [0.4, 0.5) is 10.7 Å². The molecule has 98 valence electrons. The first kappa shape index (κ1) is 12.5. The third kappa shape index (κ3) is 2.20. The number of hydrogen-bond donors (Lipinski definition) is 1. The van der Waals surface area contributed by atoms with Crippen molar-refractivity contribution >= 4 is 32.1 Å². The number of methoxy groups -OCH3 is 1. The molecule has 0 spiro atoms. The van der Waals surface area contributed by atoms with Gasteiger partial charge in [0.25, 0.3) is 0 Å². The summed E-state index contributed by atoms with van der Waals surface area (Å²) in [5.41, 5.74) is 1.63. The lowest BCUT2D eigenvalue weighted by Gasteiger charge is -2.05. The standard InChI is InChI=1S/C16H12N2OS/c1-19-12-8-6-11(7-9-12)18-16-14(10-17)13-4-2-3-5-15(13)20-16/h2-9,18H,1H3. The molecule has 3 rings (SSSR count). The first-order valence-corrected chi connectivity index (χ1v) is 6.96. The fraction of sp³-hybridized carbons (Fsp3) is 0.0625. The van der Waals surface area contributed by atoms with E-state index in [2.05, 4.69) is 11.4 Å². The van der Waals surface area contributed by atoms with E-state index in [0.717, 1.165) is 26.5 Å². The second-order valence-electron chi connectivity index (χ2n) is 4.27. The van der Waals surface area contributed by atoms with Crippen LogP contribution in [0.25, 0.3) is 10.1 Å². The summed E-state index contributed by atoms with van der Waals surface area (Å²) in [5.74, 6) is 0.812. The van der Waals surface area contributed by atoms with E-state index in [1.54, 1.807) is 18.4 Å². The van der Waals surface area contributed by atoms with Gasteiger partial charge in [0, 0.05) is 15.8 Å². The highest BCUT2D eigenvalue weighted by Gasteiger charge is 2.11. The van der Waals surface area contributed by atoms with Crippen molar-refractivity contribution < 1.29 is 4.74 Å². The fourth-order valence-electron chi connectivity index (χ4n) is 2.05. The molecule has 3 nitrogen and oxygen atoms in total. The SMILES string of the molecule is COc1ccc(Nc2sc3ccccc3c2C#N)cc1. The van der Waals surface area contributed by atoms with Crippen LogP contribution >= 0.6 is 11.3 Å². The van der Waals surface area contributed by atoms with E-state index < -0.39 is 0 Å². The molecule has 1 heterocycles. The average molecular weight is 280 g/mol. The largest absolute Gasteiger partial charge is 0.497 e. The summed E-state index contributed by atoms with van der Waals surface area (Å²) in [6, 6.07) is 17.9. The van der Waals surface area contributed by atoms with Gasteiger partial charge in [0.15, 0.2) is 0 Å². The number of rotatable bonds is 3. The lowest BCUT2D eigenvalue weighted by molar-refractivity contribution is 0.415. The zero-order valence-corrected chi connectivity index (χ0v) is 11.7. The highest BCUT2D eigenvalue weighted by atomic mass is 32.1. The smallest absolute Gasteiger partial charge is 0.119 e. The third-order valence-electron chi connectivity index (χ3n) is 3.06. The van der Waals surface area contributed by atoms with Crippen LogP contribution in [0.3, 0.4) is 0 Å². The quantitative estimate of drug-likeness (QED) is 0.767. The highest BCUT2D eigenvalue weighted by Crippen LogP contribution is 2.36. The van der Waals surface area contributed by atoms with Crippen molar-refractivity contribution in [2.75, 3.05) is 12.4 Å². The number of anilines is 2. The number of benzene rings is 2.